The van der Waals surface area contributed by atoms with Crippen molar-refractivity contribution < 1.29 is 43.6 Å². The van der Waals surface area contributed by atoms with E-state index in [-0.39, 0.29) is 42.5 Å². The fourth-order valence-electron chi connectivity index (χ4n) is 5.88. The molecule has 0 heterocycles. The summed E-state index contributed by atoms with van der Waals surface area (Å²) in [5, 5.41) is 46.3. The first-order valence-corrected chi connectivity index (χ1v) is 11.6. The zero-order valence-corrected chi connectivity index (χ0v) is 19.8. The number of anilines is 1. The summed E-state index contributed by atoms with van der Waals surface area (Å²) in [6.07, 6.45) is -4.02. The number of hydrogen-bond donors (Lipinski definition) is 6. The first-order chi connectivity index (χ1) is 16.8. The molecule has 0 aliphatic heterocycles. The number of rotatable bonds is 6. The first kappa shape index (κ1) is 26.0. The van der Waals surface area contributed by atoms with Gasteiger partial charge in [0.25, 0.3) is 6.43 Å². The van der Waals surface area contributed by atoms with Gasteiger partial charge in [-0.15, -0.1) is 0 Å². The number of hydrogen-bond acceptors (Lipinski definition) is 9. The van der Waals surface area contributed by atoms with Gasteiger partial charge in [0.05, 0.1) is 18.2 Å². The van der Waals surface area contributed by atoms with Gasteiger partial charge in [0.2, 0.25) is 5.91 Å². The number of primary amides is 1. The van der Waals surface area contributed by atoms with Crippen LogP contribution in [-0.4, -0.2) is 76.7 Å². The molecule has 0 radical (unpaired) electrons. The van der Waals surface area contributed by atoms with Crippen LogP contribution in [0.4, 0.5) is 14.5 Å². The van der Waals surface area contributed by atoms with Crippen LogP contribution < -0.4 is 16.0 Å². The molecule has 4 rings (SSSR count). The highest BCUT2D eigenvalue weighted by Crippen LogP contribution is 2.52. The lowest BCUT2D eigenvalue weighted by Crippen LogP contribution is -2.63. The van der Waals surface area contributed by atoms with Crippen molar-refractivity contribution in [3.63, 3.8) is 0 Å². The van der Waals surface area contributed by atoms with Crippen molar-refractivity contribution in [3.8, 4) is 5.75 Å². The average molecular weight is 510 g/mol. The molecule has 1 aromatic carbocycles. The van der Waals surface area contributed by atoms with E-state index in [4.69, 9.17) is 5.73 Å². The minimum Gasteiger partial charge on any atom is -0.508 e. The lowest BCUT2D eigenvalue weighted by molar-refractivity contribution is -0.167. The number of nitrogens with two attached hydrogens (primary N) is 1. The van der Waals surface area contributed by atoms with Crippen LogP contribution in [-0.2, 0) is 22.6 Å². The van der Waals surface area contributed by atoms with E-state index < -0.39 is 71.4 Å². The van der Waals surface area contributed by atoms with E-state index in [1.54, 1.807) is 25.1 Å². The Morgan fingerprint density at radius 2 is 1.94 bits per heavy atom. The quantitative estimate of drug-likeness (QED) is 0.292. The summed E-state index contributed by atoms with van der Waals surface area (Å²) in [5.41, 5.74) is 3.48. The number of halogens is 2. The predicted octanol–water partition coefficient (Wildman–Crippen LogP) is 0.166. The number of amides is 1. The summed E-state index contributed by atoms with van der Waals surface area (Å²) < 4.78 is 25.2. The van der Waals surface area contributed by atoms with E-state index >= 15 is 0 Å². The number of nitrogens with one attached hydrogen (secondary N) is 1. The number of benzene rings is 1. The third kappa shape index (κ3) is 3.84. The molecule has 0 spiro atoms. The molecule has 36 heavy (non-hydrogen) atoms. The number of Topliss-reactive ketones (excluding diaryl/α,β-unsaturated/α-hetero) is 2. The summed E-state index contributed by atoms with van der Waals surface area (Å²) in [4.78, 5) is 40.3. The van der Waals surface area contributed by atoms with Crippen LogP contribution in [0.1, 0.15) is 34.3 Å². The van der Waals surface area contributed by atoms with Gasteiger partial charge in [0.1, 0.15) is 17.4 Å². The van der Waals surface area contributed by atoms with Gasteiger partial charge < -0.3 is 36.4 Å². The molecule has 5 atom stereocenters. The van der Waals surface area contributed by atoms with Crippen molar-refractivity contribution in [1.82, 2.24) is 5.32 Å². The largest absolute Gasteiger partial charge is 0.508 e. The second-order valence-corrected chi connectivity index (χ2v) is 9.91. The van der Waals surface area contributed by atoms with Gasteiger partial charge in [0, 0.05) is 43.4 Å². The highest BCUT2D eigenvalue weighted by atomic mass is 19.3. The van der Waals surface area contributed by atoms with Crippen molar-refractivity contribution in [2.75, 3.05) is 25.5 Å². The number of aliphatic hydroxyl groups excluding tert-OH is 2. The minimum atomic E-state index is -2.62. The molecule has 196 valence electrons. The second-order valence-electron chi connectivity index (χ2n) is 9.91. The molecule has 2 unspecified atom stereocenters. The molecule has 0 aromatic heterocycles. The molecular formula is C24H29F2N3O7. The first-order valence-electron chi connectivity index (χ1n) is 11.6. The third-order valence-corrected chi connectivity index (χ3v) is 7.54. The molecular weight excluding hydrogens is 480 g/mol. The van der Waals surface area contributed by atoms with Gasteiger partial charge in [0.15, 0.2) is 17.2 Å². The number of carbonyl (C=O) groups excluding carboxylic acids is 3. The maximum Gasteiger partial charge on any atom is 0.250 e. The van der Waals surface area contributed by atoms with Crippen LogP contribution >= 0.6 is 0 Å². The maximum absolute atomic E-state index is 13.7. The molecule has 3 aliphatic carbocycles. The normalized spacial score (nSPS) is 29.6. The Morgan fingerprint density at radius 1 is 1.28 bits per heavy atom. The Labute approximate surface area is 205 Å². The van der Waals surface area contributed by atoms with Crippen LogP contribution in [0.3, 0.4) is 0 Å². The fourth-order valence-corrected chi connectivity index (χ4v) is 5.88. The zero-order chi connectivity index (χ0) is 26.7. The molecule has 12 heteroatoms. The number of ketones is 2. The smallest absolute Gasteiger partial charge is 0.250 e. The molecule has 7 N–H and O–H groups in total. The molecule has 1 fully saturated rings. The van der Waals surface area contributed by atoms with Crippen LogP contribution in [0.15, 0.2) is 17.4 Å². The Kier molecular flexibility index (Phi) is 6.56. The second kappa shape index (κ2) is 9.09. The highest BCUT2D eigenvalue weighted by molar-refractivity contribution is 6.16. The zero-order valence-electron chi connectivity index (χ0n) is 19.8. The number of carbonyl (C=O) groups is 3. The van der Waals surface area contributed by atoms with E-state index in [0.717, 1.165) is 0 Å². The highest BCUT2D eigenvalue weighted by Gasteiger charge is 2.62. The average Bonchev–Trinajstić information content (AvgIpc) is 2.77. The van der Waals surface area contributed by atoms with Gasteiger partial charge in [-0.3, -0.25) is 14.4 Å². The van der Waals surface area contributed by atoms with E-state index in [9.17, 15) is 43.6 Å². The number of allylic oxidation sites excluding steroid dienone is 1. The van der Waals surface area contributed by atoms with Gasteiger partial charge in [-0.1, -0.05) is 0 Å². The topological polar surface area (TPSA) is 173 Å². The van der Waals surface area contributed by atoms with Crippen LogP contribution in [0, 0.1) is 17.8 Å². The van der Waals surface area contributed by atoms with Crippen molar-refractivity contribution in [1.29, 1.82) is 0 Å². The van der Waals surface area contributed by atoms with Gasteiger partial charge in [-0.25, -0.2) is 8.78 Å². The van der Waals surface area contributed by atoms with E-state index in [0.29, 0.717) is 11.3 Å². The standard InChI is InChI=1S/C24H29F2N3O7/c1-29(2)13-5-10(7-28-8-15(25)26)19(31)17-12(13)4-9-3-11-6-14(30)18(23(27)35)22(34)24(11,36)21(33)16(9)20(17)32/h5,9,11,14-15,18,28,30-31,33,36H,3-4,6-8H2,1-2H3,(H2,27,35)/t9-,11+,14?,18?,24+/m1/s1. The summed E-state index contributed by atoms with van der Waals surface area (Å²) >= 11 is 0. The van der Waals surface area contributed by atoms with Crippen LogP contribution in [0.2, 0.25) is 0 Å². The molecule has 0 saturated heterocycles. The molecule has 1 aromatic rings. The van der Waals surface area contributed by atoms with Crippen molar-refractivity contribution in [3.05, 3.63) is 34.1 Å². The molecule has 3 aliphatic rings. The maximum atomic E-state index is 13.7. The molecule has 10 nitrogen and oxygen atoms in total. The predicted molar refractivity (Wildman–Crippen MR) is 123 cm³/mol. The van der Waals surface area contributed by atoms with E-state index in [1.807, 2.05) is 0 Å². The number of alkyl halides is 2. The molecule has 0 bridgehead atoms. The van der Waals surface area contributed by atoms with Gasteiger partial charge >= 0.3 is 0 Å². The Bertz CT molecular complexity index is 1170. The summed E-state index contributed by atoms with van der Waals surface area (Å²) in [7, 11) is 3.44. The Morgan fingerprint density at radius 3 is 2.53 bits per heavy atom. The monoisotopic (exact) mass is 509 g/mol. The Balaban J connectivity index is 1.84. The summed E-state index contributed by atoms with van der Waals surface area (Å²) in [6, 6.07) is 1.60. The van der Waals surface area contributed by atoms with Crippen LogP contribution in [0.5, 0.6) is 5.75 Å². The lowest BCUT2D eigenvalue weighted by Gasteiger charge is -2.48. The van der Waals surface area contributed by atoms with Crippen molar-refractivity contribution >= 4 is 23.2 Å². The van der Waals surface area contributed by atoms with Gasteiger partial charge in [-0.2, -0.15) is 0 Å². The van der Waals surface area contributed by atoms with E-state index in [1.165, 1.54) is 0 Å². The van der Waals surface area contributed by atoms with E-state index in [2.05, 4.69) is 5.32 Å². The number of phenols is 1. The lowest BCUT2D eigenvalue weighted by atomic mass is 9.57. The number of fused-ring (bicyclic) bond motifs is 3. The third-order valence-electron chi connectivity index (χ3n) is 7.54. The summed E-state index contributed by atoms with van der Waals surface area (Å²) in [6.45, 7) is -0.784. The Hall–Kier alpha value is -3.09. The number of aliphatic hydroxyl groups is 3. The number of nitrogens with zero attached hydrogens (tertiary/aromatic N) is 1. The number of phenolic OH excluding ortho intramolecular Hbond substituents is 1. The number of aromatic hydroxyl groups is 1. The molecule has 1 amide bonds. The van der Waals surface area contributed by atoms with Crippen molar-refractivity contribution in [2.45, 2.75) is 43.9 Å². The van der Waals surface area contributed by atoms with Gasteiger partial charge in [-0.05, 0) is 36.8 Å². The fraction of sp³-hybridized carbons (Fsp3) is 0.542. The minimum absolute atomic E-state index is 0.0562. The summed E-state index contributed by atoms with van der Waals surface area (Å²) in [5.74, 6) is -7.86. The SMILES string of the molecule is CN(C)c1cc(CNCC(F)F)c(O)c2c1C[C@H]1C[C@H]3CC(O)C(C(N)=O)C(=O)[C@@]3(O)C(O)=C1C2=O. The molecule has 1 saturated carbocycles. The van der Waals surface area contributed by atoms with Crippen LogP contribution in [0.25, 0.3) is 0 Å². The van der Waals surface area contributed by atoms with Crippen molar-refractivity contribution in [2.24, 2.45) is 23.5 Å².